The minimum atomic E-state index is -0.660. The summed E-state index contributed by atoms with van der Waals surface area (Å²) in [7, 11) is 0. The summed E-state index contributed by atoms with van der Waals surface area (Å²) in [6, 6.07) is 13.6. The van der Waals surface area contributed by atoms with Crippen LogP contribution in [-0.2, 0) is 6.42 Å². The van der Waals surface area contributed by atoms with E-state index in [4.69, 9.17) is 28.9 Å². The molecule has 0 saturated carbocycles. The standard InChI is InChI=1S/C17H20Cl2N2O.ClH/c18-14-9-13(10-15(19)17(14)20)16(22)11-21-8-4-7-12-5-2-1-3-6-12;/h1-3,5-6,9-10,16,21-22H,4,7-8,11,20H2;1H. The maximum atomic E-state index is 10.2. The van der Waals surface area contributed by atoms with Crippen LogP contribution in [0.4, 0.5) is 5.69 Å². The van der Waals surface area contributed by atoms with Crippen molar-refractivity contribution in [1.82, 2.24) is 5.32 Å². The Kier molecular flexibility index (Phi) is 8.74. The average Bonchev–Trinajstić information content (AvgIpc) is 2.52. The first-order valence-electron chi connectivity index (χ1n) is 7.25. The summed E-state index contributed by atoms with van der Waals surface area (Å²) >= 11 is 11.9. The highest BCUT2D eigenvalue weighted by Crippen LogP contribution is 2.31. The van der Waals surface area contributed by atoms with Gasteiger partial charge in [0.05, 0.1) is 21.8 Å². The van der Waals surface area contributed by atoms with E-state index in [1.165, 1.54) is 5.56 Å². The summed E-state index contributed by atoms with van der Waals surface area (Å²) in [5, 5.41) is 14.1. The second-order valence-electron chi connectivity index (χ2n) is 5.21. The van der Waals surface area contributed by atoms with Crippen LogP contribution in [0, 0.1) is 0 Å². The lowest BCUT2D eigenvalue weighted by Crippen LogP contribution is -2.23. The van der Waals surface area contributed by atoms with Gasteiger partial charge in [-0.3, -0.25) is 0 Å². The van der Waals surface area contributed by atoms with Crippen LogP contribution in [0.5, 0.6) is 0 Å². The number of aliphatic hydroxyl groups is 1. The number of nitrogen functional groups attached to an aromatic ring is 1. The van der Waals surface area contributed by atoms with Crippen molar-refractivity contribution in [3.63, 3.8) is 0 Å². The number of anilines is 1. The summed E-state index contributed by atoms with van der Waals surface area (Å²) in [5.74, 6) is 0. The second kappa shape index (κ2) is 10.0. The molecule has 23 heavy (non-hydrogen) atoms. The third-order valence-electron chi connectivity index (χ3n) is 3.49. The van der Waals surface area contributed by atoms with Crippen LogP contribution >= 0.6 is 35.6 Å². The predicted octanol–water partition coefficient (Wildman–Crippen LogP) is 4.25. The summed E-state index contributed by atoms with van der Waals surface area (Å²) < 4.78 is 0. The van der Waals surface area contributed by atoms with Gasteiger partial charge in [-0.05, 0) is 42.6 Å². The van der Waals surface area contributed by atoms with E-state index in [0.29, 0.717) is 27.8 Å². The third kappa shape index (κ3) is 6.21. The van der Waals surface area contributed by atoms with Gasteiger partial charge in [0.25, 0.3) is 0 Å². The third-order valence-corrected chi connectivity index (χ3v) is 4.11. The van der Waals surface area contributed by atoms with E-state index in [-0.39, 0.29) is 12.4 Å². The highest BCUT2D eigenvalue weighted by Gasteiger charge is 2.11. The van der Waals surface area contributed by atoms with Gasteiger partial charge in [-0.15, -0.1) is 12.4 Å². The number of benzene rings is 2. The van der Waals surface area contributed by atoms with Crippen LogP contribution in [0.25, 0.3) is 0 Å². The maximum Gasteiger partial charge on any atom is 0.0915 e. The van der Waals surface area contributed by atoms with Crippen molar-refractivity contribution in [2.45, 2.75) is 18.9 Å². The maximum absolute atomic E-state index is 10.2. The second-order valence-corrected chi connectivity index (χ2v) is 6.02. The molecule has 0 bridgehead atoms. The molecule has 6 heteroatoms. The Morgan fingerprint density at radius 1 is 1.09 bits per heavy atom. The van der Waals surface area contributed by atoms with Crippen molar-refractivity contribution in [1.29, 1.82) is 0 Å². The first-order valence-corrected chi connectivity index (χ1v) is 8.00. The number of aryl methyl sites for hydroxylation is 1. The quantitative estimate of drug-likeness (QED) is 0.501. The van der Waals surface area contributed by atoms with Crippen LogP contribution in [-0.4, -0.2) is 18.2 Å². The highest BCUT2D eigenvalue weighted by molar-refractivity contribution is 6.38. The molecule has 0 saturated heterocycles. The van der Waals surface area contributed by atoms with Gasteiger partial charge in [-0.25, -0.2) is 0 Å². The molecule has 1 atom stereocenters. The van der Waals surface area contributed by atoms with Gasteiger partial charge in [0, 0.05) is 6.54 Å². The van der Waals surface area contributed by atoms with E-state index in [1.807, 2.05) is 18.2 Å². The number of nitrogens with two attached hydrogens (primary N) is 1. The van der Waals surface area contributed by atoms with E-state index >= 15 is 0 Å². The predicted molar refractivity (Wildman–Crippen MR) is 101 cm³/mol. The lowest BCUT2D eigenvalue weighted by atomic mass is 10.1. The number of nitrogens with one attached hydrogen (secondary N) is 1. The molecule has 2 rings (SSSR count). The van der Waals surface area contributed by atoms with Crippen LogP contribution in [0.15, 0.2) is 42.5 Å². The number of hydrogen-bond donors (Lipinski definition) is 3. The topological polar surface area (TPSA) is 58.3 Å². The SMILES string of the molecule is Cl.Nc1c(Cl)cc(C(O)CNCCCc2ccccc2)cc1Cl. The smallest absolute Gasteiger partial charge is 0.0915 e. The molecule has 4 N–H and O–H groups in total. The van der Waals surface area contributed by atoms with Crippen LogP contribution in [0.1, 0.15) is 23.7 Å². The minimum absolute atomic E-state index is 0. The number of aliphatic hydroxyl groups excluding tert-OH is 1. The van der Waals surface area contributed by atoms with Crippen LogP contribution in [0.2, 0.25) is 10.0 Å². The first kappa shape index (κ1) is 20.1. The normalized spacial score (nSPS) is 11.8. The molecule has 0 spiro atoms. The molecular formula is C17H21Cl3N2O. The molecule has 0 amide bonds. The van der Waals surface area contributed by atoms with Crippen molar-refractivity contribution in [2.24, 2.45) is 0 Å². The molecule has 2 aromatic carbocycles. The Balaban J connectivity index is 0.00000264. The molecule has 0 aliphatic rings. The zero-order chi connectivity index (χ0) is 15.9. The molecule has 2 aromatic rings. The molecule has 0 fully saturated rings. The van der Waals surface area contributed by atoms with E-state index < -0.39 is 6.10 Å². The molecule has 0 aliphatic carbocycles. The summed E-state index contributed by atoms with van der Waals surface area (Å²) in [6.45, 7) is 1.29. The number of halogens is 3. The summed E-state index contributed by atoms with van der Waals surface area (Å²) in [6.07, 6.45) is 1.37. The van der Waals surface area contributed by atoms with Gasteiger partial charge in [0.15, 0.2) is 0 Å². The Morgan fingerprint density at radius 2 is 1.70 bits per heavy atom. The van der Waals surface area contributed by atoms with Crippen LogP contribution in [0.3, 0.4) is 0 Å². The highest BCUT2D eigenvalue weighted by atomic mass is 35.5. The van der Waals surface area contributed by atoms with Crippen molar-refractivity contribution in [3.8, 4) is 0 Å². The fraction of sp³-hybridized carbons (Fsp3) is 0.294. The summed E-state index contributed by atoms with van der Waals surface area (Å²) in [4.78, 5) is 0. The van der Waals surface area contributed by atoms with Crippen molar-refractivity contribution in [3.05, 3.63) is 63.6 Å². The Labute approximate surface area is 153 Å². The zero-order valence-electron chi connectivity index (χ0n) is 12.6. The fourth-order valence-corrected chi connectivity index (χ4v) is 2.72. The lowest BCUT2D eigenvalue weighted by Gasteiger charge is -2.14. The van der Waals surface area contributed by atoms with Gasteiger partial charge in [0.2, 0.25) is 0 Å². The Hall–Kier alpha value is -0.970. The van der Waals surface area contributed by atoms with Gasteiger partial charge >= 0.3 is 0 Å². The molecule has 0 aromatic heterocycles. The Morgan fingerprint density at radius 3 is 2.30 bits per heavy atom. The fourth-order valence-electron chi connectivity index (χ4n) is 2.22. The zero-order valence-corrected chi connectivity index (χ0v) is 15.0. The molecule has 0 heterocycles. The number of hydrogen-bond acceptors (Lipinski definition) is 3. The molecule has 126 valence electrons. The monoisotopic (exact) mass is 374 g/mol. The van der Waals surface area contributed by atoms with E-state index in [0.717, 1.165) is 19.4 Å². The van der Waals surface area contributed by atoms with Gasteiger partial charge in [-0.2, -0.15) is 0 Å². The molecule has 3 nitrogen and oxygen atoms in total. The minimum Gasteiger partial charge on any atom is -0.396 e. The average molecular weight is 376 g/mol. The molecule has 0 aliphatic heterocycles. The van der Waals surface area contributed by atoms with Crippen molar-refractivity contribution in [2.75, 3.05) is 18.8 Å². The van der Waals surface area contributed by atoms with Gasteiger partial charge < -0.3 is 16.2 Å². The largest absolute Gasteiger partial charge is 0.396 e. The van der Waals surface area contributed by atoms with Gasteiger partial charge in [-0.1, -0.05) is 53.5 Å². The van der Waals surface area contributed by atoms with E-state index in [2.05, 4.69) is 17.4 Å². The van der Waals surface area contributed by atoms with Crippen molar-refractivity contribution >= 4 is 41.3 Å². The molecular weight excluding hydrogens is 355 g/mol. The Bertz CT molecular complexity index is 585. The molecule has 0 radical (unpaired) electrons. The number of rotatable bonds is 7. The van der Waals surface area contributed by atoms with Gasteiger partial charge in [0.1, 0.15) is 0 Å². The molecule has 1 unspecified atom stereocenters. The van der Waals surface area contributed by atoms with E-state index in [9.17, 15) is 5.11 Å². The summed E-state index contributed by atoms with van der Waals surface area (Å²) in [5.41, 5.74) is 8.02. The van der Waals surface area contributed by atoms with Crippen LogP contribution < -0.4 is 11.1 Å². The van der Waals surface area contributed by atoms with E-state index in [1.54, 1.807) is 12.1 Å². The lowest BCUT2D eigenvalue weighted by molar-refractivity contribution is 0.175. The first-order chi connectivity index (χ1) is 10.6. The van der Waals surface area contributed by atoms with Crippen molar-refractivity contribution < 1.29 is 5.11 Å².